The lowest BCUT2D eigenvalue weighted by Crippen LogP contribution is -2.20. The Balaban J connectivity index is 2.27. The molecule has 0 saturated carbocycles. The van der Waals surface area contributed by atoms with Gasteiger partial charge in [0.25, 0.3) is 0 Å². The van der Waals surface area contributed by atoms with Gasteiger partial charge < -0.3 is 10.6 Å². The molecule has 0 bridgehead atoms. The standard InChI is InChI=1S/C10H17N3S2/c1-8-9(15-7-12-8)6-13(2)5-3-4-10(11)14/h7H,3-6H2,1-2H3,(H2,11,14). The van der Waals surface area contributed by atoms with Gasteiger partial charge in [-0.1, -0.05) is 12.2 Å². The monoisotopic (exact) mass is 243 g/mol. The second-order valence-electron chi connectivity index (χ2n) is 3.67. The molecule has 3 nitrogen and oxygen atoms in total. The van der Waals surface area contributed by atoms with Gasteiger partial charge in [0, 0.05) is 11.4 Å². The molecule has 0 aliphatic carbocycles. The van der Waals surface area contributed by atoms with Crippen molar-refractivity contribution in [3.8, 4) is 0 Å². The number of rotatable bonds is 6. The maximum atomic E-state index is 5.44. The lowest BCUT2D eigenvalue weighted by molar-refractivity contribution is 0.326. The zero-order valence-corrected chi connectivity index (χ0v) is 10.8. The lowest BCUT2D eigenvalue weighted by atomic mass is 10.3. The van der Waals surface area contributed by atoms with Gasteiger partial charge in [-0.15, -0.1) is 11.3 Å². The average Bonchev–Trinajstić information content (AvgIpc) is 2.51. The molecule has 1 rings (SSSR count). The predicted octanol–water partition coefficient (Wildman–Crippen LogP) is 1.95. The molecule has 15 heavy (non-hydrogen) atoms. The van der Waals surface area contributed by atoms with Crippen LogP contribution in [-0.4, -0.2) is 28.5 Å². The van der Waals surface area contributed by atoms with E-state index in [9.17, 15) is 0 Å². The SMILES string of the molecule is Cc1ncsc1CN(C)CCCC(N)=S. The molecule has 0 fully saturated rings. The number of nitrogens with zero attached hydrogens (tertiary/aromatic N) is 2. The summed E-state index contributed by atoms with van der Waals surface area (Å²) < 4.78 is 0. The van der Waals surface area contributed by atoms with Crippen molar-refractivity contribution in [1.29, 1.82) is 0 Å². The summed E-state index contributed by atoms with van der Waals surface area (Å²) in [5.41, 5.74) is 8.48. The van der Waals surface area contributed by atoms with Crippen LogP contribution in [-0.2, 0) is 6.54 Å². The van der Waals surface area contributed by atoms with Crippen LogP contribution in [0.5, 0.6) is 0 Å². The topological polar surface area (TPSA) is 42.2 Å². The van der Waals surface area contributed by atoms with Crippen molar-refractivity contribution in [3.05, 3.63) is 16.1 Å². The van der Waals surface area contributed by atoms with Crippen molar-refractivity contribution in [2.75, 3.05) is 13.6 Å². The van der Waals surface area contributed by atoms with Gasteiger partial charge in [-0.05, 0) is 33.4 Å². The van der Waals surface area contributed by atoms with Crippen LogP contribution in [0.3, 0.4) is 0 Å². The third kappa shape index (κ3) is 4.68. The molecule has 0 unspecified atom stereocenters. The Morgan fingerprint density at radius 2 is 2.40 bits per heavy atom. The van der Waals surface area contributed by atoms with Gasteiger partial charge in [-0.25, -0.2) is 4.98 Å². The molecule has 1 aromatic heterocycles. The van der Waals surface area contributed by atoms with E-state index in [0.29, 0.717) is 4.99 Å². The third-order valence-corrected chi connectivity index (χ3v) is 3.35. The Hall–Kier alpha value is -0.520. The van der Waals surface area contributed by atoms with E-state index in [4.69, 9.17) is 18.0 Å². The molecule has 2 N–H and O–H groups in total. The van der Waals surface area contributed by atoms with Crippen LogP contribution < -0.4 is 5.73 Å². The quantitative estimate of drug-likeness (QED) is 0.776. The molecule has 0 aromatic carbocycles. The van der Waals surface area contributed by atoms with Gasteiger partial charge in [0.05, 0.1) is 16.2 Å². The Morgan fingerprint density at radius 1 is 1.67 bits per heavy atom. The number of aromatic nitrogens is 1. The first-order valence-corrected chi connectivity index (χ1v) is 6.24. The van der Waals surface area contributed by atoms with E-state index in [0.717, 1.165) is 31.6 Å². The molecule has 0 aliphatic rings. The van der Waals surface area contributed by atoms with Gasteiger partial charge in [0.15, 0.2) is 0 Å². The smallest absolute Gasteiger partial charge is 0.0798 e. The number of hydrogen-bond donors (Lipinski definition) is 1. The summed E-state index contributed by atoms with van der Waals surface area (Å²) >= 11 is 6.55. The fourth-order valence-corrected chi connectivity index (χ4v) is 2.33. The largest absolute Gasteiger partial charge is 0.393 e. The molecule has 84 valence electrons. The molecule has 0 saturated heterocycles. The van der Waals surface area contributed by atoms with E-state index in [1.54, 1.807) is 11.3 Å². The number of aryl methyl sites for hydroxylation is 1. The molecule has 1 heterocycles. The highest BCUT2D eigenvalue weighted by Gasteiger charge is 2.05. The fraction of sp³-hybridized carbons (Fsp3) is 0.600. The summed E-state index contributed by atoms with van der Waals surface area (Å²) in [7, 11) is 2.11. The summed E-state index contributed by atoms with van der Waals surface area (Å²) in [6, 6.07) is 0. The highest BCUT2D eigenvalue weighted by atomic mass is 32.1. The summed E-state index contributed by atoms with van der Waals surface area (Å²) in [5.74, 6) is 0. The van der Waals surface area contributed by atoms with Gasteiger partial charge >= 0.3 is 0 Å². The van der Waals surface area contributed by atoms with E-state index >= 15 is 0 Å². The first-order valence-electron chi connectivity index (χ1n) is 4.95. The number of nitrogens with two attached hydrogens (primary N) is 1. The van der Waals surface area contributed by atoms with Crippen LogP contribution in [0.2, 0.25) is 0 Å². The van der Waals surface area contributed by atoms with Crippen LogP contribution >= 0.6 is 23.6 Å². The van der Waals surface area contributed by atoms with Crippen LogP contribution in [0.15, 0.2) is 5.51 Å². The van der Waals surface area contributed by atoms with Gasteiger partial charge in [-0.3, -0.25) is 0 Å². The molecular formula is C10H17N3S2. The Kier molecular flexibility index (Phi) is 5.14. The highest BCUT2D eigenvalue weighted by molar-refractivity contribution is 7.80. The fourth-order valence-electron chi connectivity index (χ4n) is 1.33. The van der Waals surface area contributed by atoms with Gasteiger partial charge in [0.1, 0.15) is 0 Å². The maximum absolute atomic E-state index is 5.44. The molecule has 0 spiro atoms. The minimum absolute atomic E-state index is 0.609. The van der Waals surface area contributed by atoms with Crippen molar-refractivity contribution >= 4 is 28.5 Å². The first-order chi connectivity index (χ1) is 7.09. The number of thiazole rings is 1. The van der Waals surface area contributed by atoms with E-state index < -0.39 is 0 Å². The second kappa shape index (κ2) is 6.15. The predicted molar refractivity (Wildman–Crippen MR) is 69.2 cm³/mol. The summed E-state index contributed by atoms with van der Waals surface area (Å²) in [5, 5.41) is 0. The van der Waals surface area contributed by atoms with Crippen LogP contribution in [0.25, 0.3) is 0 Å². The molecule has 0 amide bonds. The van der Waals surface area contributed by atoms with E-state index in [1.165, 1.54) is 4.88 Å². The van der Waals surface area contributed by atoms with Crippen molar-refractivity contribution in [2.24, 2.45) is 5.73 Å². The third-order valence-electron chi connectivity index (χ3n) is 2.22. The molecule has 0 aliphatic heterocycles. The van der Waals surface area contributed by atoms with Crippen LogP contribution in [0.4, 0.5) is 0 Å². The van der Waals surface area contributed by atoms with E-state index in [-0.39, 0.29) is 0 Å². The highest BCUT2D eigenvalue weighted by Crippen LogP contribution is 2.14. The minimum atomic E-state index is 0.609. The van der Waals surface area contributed by atoms with E-state index in [2.05, 4.69) is 23.9 Å². The first kappa shape index (κ1) is 12.5. The Morgan fingerprint density at radius 3 is 2.93 bits per heavy atom. The van der Waals surface area contributed by atoms with Gasteiger partial charge in [0.2, 0.25) is 0 Å². The van der Waals surface area contributed by atoms with Crippen molar-refractivity contribution < 1.29 is 0 Å². The van der Waals surface area contributed by atoms with Gasteiger partial charge in [-0.2, -0.15) is 0 Å². The Bertz CT molecular complexity index is 322. The van der Waals surface area contributed by atoms with Crippen molar-refractivity contribution in [1.82, 2.24) is 9.88 Å². The lowest BCUT2D eigenvalue weighted by Gasteiger charge is -2.15. The molecule has 1 aromatic rings. The molecule has 0 radical (unpaired) electrons. The number of thiocarbonyl (C=S) groups is 1. The Labute approximate surface area is 100 Å². The maximum Gasteiger partial charge on any atom is 0.0798 e. The molecule has 0 atom stereocenters. The summed E-state index contributed by atoms with van der Waals surface area (Å²) in [6.45, 7) is 4.04. The molecule has 5 heteroatoms. The normalized spacial score (nSPS) is 10.9. The zero-order chi connectivity index (χ0) is 11.3. The number of hydrogen-bond acceptors (Lipinski definition) is 4. The summed E-state index contributed by atoms with van der Waals surface area (Å²) in [6.07, 6.45) is 1.87. The van der Waals surface area contributed by atoms with Crippen molar-refractivity contribution in [2.45, 2.75) is 26.3 Å². The summed E-state index contributed by atoms with van der Waals surface area (Å²) in [4.78, 5) is 8.46. The van der Waals surface area contributed by atoms with E-state index in [1.807, 2.05) is 5.51 Å². The van der Waals surface area contributed by atoms with Crippen LogP contribution in [0, 0.1) is 6.92 Å². The molecular weight excluding hydrogens is 226 g/mol. The zero-order valence-electron chi connectivity index (χ0n) is 9.19. The van der Waals surface area contributed by atoms with Crippen molar-refractivity contribution in [3.63, 3.8) is 0 Å². The minimum Gasteiger partial charge on any atom is -0.393 e. The average molecular weight is 243 g/mol. The van der Waals surface area contributed by atoms with Crippen LogP contribution in [0.1, 0.15) is 23.4 Å². The second-order valence-corrected chi connectivity index (χ2v) is 5.13.